The van der Waals surface area contributed by atoms with Gasteiger partial charge in [-0.05, 0) is 98.0 Å². The van der Waals surface area contributed by atoms with Crippen molar-refractivity contribution in [2.75, 3.05) is 54.4 Å². The number of rotatable bonds is 11. The number of hydrogen-bond donors (Lipinski definition) is 3. The molecule has 4 amide bonds. The molecule has 0 heterocycles. The highest BCUT2D eigenvalue weighted by Gasteiger charge is 2.10. The Bertz CT molecular complexity index is 2350. The molecule has 0 unspecified atom stereocenters. The minimum atomic E-state index is -0.975. The molecule has 14 nitrogen and oxygen atoms in total. The van der Waals surface area contributed by atoms with Gasteiger partial charge in [-0.3, -0.25) is 0 Å². The standard InChI is InChI=1S/C18H21N3O3.C14H9NO3.C13H9ClO2.C4H12N2/c1-21(2)13-12-19-17(22)20-18(23)24-16-10-8-15(9-11-16)14-6-4-3-5-7-14;16-10-15-14(17)18-13-8-6-12(7-9-13)11-4-2-1-3-5-11;14-13(15)16-12-8-6-11(7-9-12)10-4-2-1-3-5-10;1-6(2)4-3-5/h3-11H,12-13H2,1-2H3,(H2,19,20,22,23);1-9H;1-9H;3-5H2,1-2H3. The first kappa shape index (κ1) is 50.9. The van der Waals surface area contributed by atoms with Crippen molar-refractivity contribution in [2.45, 2.75) is 0 Å². The summed E-state index contributed by atoms with van der Waals surface area (Å²) in [6.07, 6.45) is -0.664. The third kappa shape index (κ3) is 20.9. The van der Waals surface area contributed by atoms with Crippen LogP contribution >= 0.6 is 11.6 Å². The molecule has 0 fully saturated rings. The van der Waals surface area contributed by atoms with Gasteiger partial charge in [0, 0.05) is 37.8 Å². The lowest BCUT2D eigenvalue weighted by atomic mass is 10.1. The lowest BCUT2D eigenvalue weighted by Gasteiger charge is -2.11. The normalized spacial score (nSPS) is 9.88. The van der Waals surface area contributed by atoms with E-state index in [0.29, 0.717) is 30.3 Å². The molecular formula is C49H51ClN6O8. The molecule has 15 heteroatoms. The minimum absolute atomic E-state index is 0.332. The van der Waals surface area contributed by atoms with Gasteiger partial charge in [-0.15, -0.1) is 0 Å². The fourth-order valence-corrected chi connectivity index (χ4v) is 5.30. The lowest BCUT2D eigenvalue weighted by molar-refractivity contribution is 0.196. The Kier molecular flexibility index (Phi) is 23.0. The summed E-state index contributed by atoms with van der Waals surface area (Å²) < 4.78 is 14.6. The van der Waals surface area contributed by atoms with Gasteiger partial charge >= 0.3 is 23.6 Å². The Balaban J connectivity index is 0.000000244. The average Bonchev–Trinajstić information content (AvgIpc) is 3.28. The molecule has 0 bridgehead atoms. The second kappa shape index (κ2) is 29.0. The third-order valence-corrected chi connectivity index (χ3v) is 8.35. The highest BCUT2D eigenvalue weighted by molar-refractivity contribution is 6.61. The van der Waals surface area contributed by atoms with E-state index in [1.165, 1.54) is 0 Å². The van der Waals surface area contributed by atoms with Crippen LogP contribution in [0.25, 0.3) is 33.4 Å². The lowest BCUT2D eigenvalue weighted by Crippen LogP contribution is -2.43. The van der Waals surface area contributed by atoms with E-state index in [1.54, 1.807) is 36.4 Å². The Morgan fingerprint density at radius 1 is 0.547 bits per heavy atom. The molecule has 64 heavy (non-hydrogen) atoms. The smallest absolute Gasteiger partial charge is 0.415 e. The van der Waals surface area contributed by atoms with Crippen LogP contribution in [0.1, 0.15) is 0 Å². The van der Waals surface area contributed by atoms with Crippen molar-refractivity contribution in [1.82, 2.24) is 20.4 Å². The first-order valence-corrected chi connectivity index (χ1v) is 20.1. The van der Waals surface area contributed by atoms with Crippen LogP contribution in [0.5, 0.6) is 17.2 Å². The molecule has 0 aliphatic rings. The summed E-state index contributed by atoms with van der Waals surface area (Å²) in [5, 5.41) is 4.69. The molecule has 0 atom stereocenters. The van der Waals surface area contributed by atoms with Crippen molar-refractivity contribution < 1.29 is 38.2 Å². The number of nitrogens with one attached hydrogen (secondary N) is 2. The predicted molar refractivity (Wildman–Crippen MR) is 250 cm³/mol. The summed E-state index contributed by atoms with van der Waals surface area (Å²) in [6.45, 7) is 2.87. The molecule has 6 rings (SSSR count). The summed E-state index contributed by atoms with van der Waals surface area (Å²) >= 11 is 5.11. The van der Waals surface area contributed by atoms with Crippen LogP contribution in [0, 0.1) is 0 Å². The van der Waals surface area contributed by atoms with Crippen molar-refractivity contribution in [1.29, 1.82) is 0 Å². The molecule has 4 N–H and O–H groups in total. The van der Waals surface area contributed by atoms with Crippen molar-refractivity contribution >= 4 is 41.3 Å². The van der Waals surface area contributed by atoms with Crippen LogP contribution in [-0.2, 0) is 4.79 Å². The van der Waals surface area contributed by atoms with Gasteiger partial charge in [0.1, 0.15) is 17.2 Å². The largest absolute Gasteiger partial charge is 0.450 e. The quantitative estimate of drug-likeness (QED) is 0.0640. The minimum Gasteiger partial charge on any atom is -0.415 e. The van der Waals surface area contributed by atoms with Gasteiger partial charge in [-0.1, -0.05) is 132 Å². The maximum Gasteiger partial charge on any atom is 0.450 e. The number of isocyanates is 1. The van der Waals surface area contributed by atoms with Crippen LogP contribution in [0.3, 0.4) is 0 Å². The Morgan fingerprint density at radius 3 is 1.23 bits per heavy atom. The molecule has 0 aliphatic heterocycles. The third-order valence-electron chi connectivity index (χ3n) is 8.27. The summed E-state index contributed by atoms with van der Waals surface area (Å²) in [6, 6.07) is 50.2. The highest BCUT2D eigenvalue weighted by Crippen LogP contribution is 2.24. The monoisotopic (exact) mass is 886 g/mol. The van der Waals surface area contributed by atoms with Gasteiger partial charge in [-0.2, -0.15) is 0 Å². The molecule has 6 aromatic carbocycles. The molecule has 0 saturated heterocycles. The number of carbonyl (C=O) groups excluding carboxylic acids is 5. The number of nitrogens with zero attached hydrogens (tertiary/aromatic N) is 3. The van der Waals surface area contributed by atoms with Crippen LogP contribution in [-0.4, -0.2) is 93.9 Å². The molecule has 0 aliphatic carbocycles. The average molecular weight is 887 g/mol. The number of imide groups is 1. The molecule has 0 aromatic heterocycles. The van der Waals surface area contributed by atoms with E-state index in [1.807, 2.05) is 160 Å². The first-order valence-electron chi connectivity index (χ1n) is 19.8. The van der Waals surface area contributed by atoms with Gasteiger partial charge in [0.25, 0.3) is 0 Å². The van der Waals surface area contributed by atoms with E-state index in [9.17, 15) is 24.0 Å². The molecule has 0 radical (unpaired) electrons. The number of amides is 4. The van der Waals surface area contributed by atoms with Crippen LogP contribution < -0.4 is 30.6 Å². The zero-order valence-corrected chi connectivity index (χ0v) is 36.7. The number of nitrogens with two attached hydrogens (primary N) is 1. The number of ether oxygens (including phenoxy) is 3. The Hall–Kier alpha value is -7.45. The second-order valence-electron chi connectivity index (χ2n) is 13.7. The number of halogens is 1. The molecule has 0 saturated carbocycles. The van der Waals surface area contributed by atoms with E-state index >= 15 is 0 Å². The first-order chi connectivity index (χ1) is 30.9. The molecule has 6 aromatic rings. The fourth-order valence-electron chi connectivity index (χ4n) is 5.21. The number of likely N-dealkylation sites (N-methyl/N-ethyl adjacent to an activating group) is 2. The van der Waals surface area contributed by atoms with Crippen LogP contribution in [0.2, 0.25) is 0 Å². The Labute approximate surface area is 378 Å². The topological polar surface area (TPSA) is 182 Å². The van der Waals surface area contributed by atoms with Crippen molar-refractivity contribution in [3.63, 3.8) is 0 Å². The van der Waals surface area contributed by atoms with E-state index < -0.39 is 23.6 Å². The number of hydrogen-bond acceptors (Lipinski definition) is 11. The number of benzene rings is 6. The van der Waals surface area contributed by atoms with E-state index in [2.05, 4.69) is 20.5 Å². The van der Waals surface area contributed by atoms with Gasteiger partial charge in [0.15, 0.2) is 0 Å². The maximum atomic E-state index is 11.7. The summed E-state index contributed by atoms with van der Waals surface area (Å²) in [4.78, 5) is 61.3. The van der Waals surface area contributed by atoms with Gasteiger partial charge in [-0.25, -0.2) is 29.3 Å². The summed E-state index contributed by atoms with van der Waals surface area (Å²) in [5.41, 5.74) is 10.7. The highest BCUT2D eigenvalue weighted by atomic mass is 35.5. The van der Waals surface area contributed by atoms with Gasteiger partial charge < -0.3 is 35.1 Å². The predicted octanol–water partition coefficient (Wildman–Crippen LogP) is 9.50. The number of urea groups is 1. The van der Waals surface area contributed by atoms with Crippen molar-refractivity contribution in [3.8, 4) is 50.6 Å². The summed E-state index contributed by atoms with van der Waals surface area (Å²) in [5.74, 6) is 1.15. The molecule has 0 spiro atoms. The molecule has 332 valence electrons. The number of carbonyl (C=O) groups is 4. The Morgan fingerprint density at radius 2 is 0.906 bits per heavy atom. The summed E-state index contributed by atoms with van der Waals surface area (Å²) in [7, 11) is 7.81. The van der Waals surface area contributed by atoms with Gasteiger partial charge in [0.2, 0.25) is 6.08 Å². The van der Waals surface area contributed by atoms with Crippen molar-refractivity contribution in [3.05, 3.63) is 164 Å². The maximum absolute atomic E-state index is 11.7. The zero-order valence-electron chi connectivity index (χ0n) is 36.0. The van der Waals surface area contributed by atoms with E-state index in [4.69, 9.17) is 31.5 Å². The van der Waals surface area contributed by atoms with E-state index in [-0.39, 0.29) is 0 Å². The zero-order chi connectivity index (χ0) is 46.5. The molecular weight excluding hydrogens is 836 g/mol. The van der Waals surface area contributed by atoms with Crippen LogP contribution in [0.4, 0.5) is 19.2 Å². The van der Waals surface area contributed by atoms with Gasteiger partial charge in [0.05, 0.1) is 0 Å². The van der Waals surface area contributed by atoms with Crippen LogP contribution in [0.15, 0.2) is 169 Å². The number of aliphatic imine (C=N–C) groups is 1. The fraction of sp³-hybridized carbons (Fsp3) is 0.163. The van der Waals surface area contributed by atoms with Crippen molar-refractivity contribution in [2.24, 2.45) is 10.7 Å². The SMILES string of the molecule is CN(C)CCN.CN(C)CCNC(=O)NC(=O)Oc1ccc(-c2ccccc2)cc1.O=C(Cl)Oc1ccc(-c2ccccc2)cc1.O=C=NC(=O)Oc1ccc(-c2ccccc2)cc1. The van der Waals surface area contributed by atoms with E-state index in [0.717, 1.165) is 52.6 Å². The second-order valence-corrected chi connectivity index (χ2v) is 14.1.